The van der Waals surface area contributed by atoms with Crippen molar-refractivity contribution in [3.63, 3.8) is 0 Å². The Morgan fingerprint density at radius 3 is 3.05 bits per heavy atom. The summed E-state index contributed by atoms with van der Waals surface area (Å²) in [6, 6.07) is 15.1. The third-order valence-corrected chi connectivity index (χ3v) is 3.17. The molecule has 0 saturated heterocycles. The number of ether oxygens (including phenoxy) is 1. The Balaban J connectivity index is 1.72. The topological polar surface area (TPSA) is 74.2 Å². The van der Waals surface area contributed by atoms with Crippen molar-refractivity contribution in [3.8, 4) is 11.8 Å². The second-order valence-electron chi connectivity index (χ2n) is 4.71. The first-order chi connectivity index (χ1) is 10.2. The minimum absolute atomic E-state index is 0.0563. The molecule has 0 saturated carbocycles. The van der Waals surface area contributed by atoms with E-state index in [1.807, 2.05) is 36.4 Å². The van der Waals surface area contributed by atoms with Crippen molar-refractivity contribution in [2.45, 2.75) is 6.54 Å². The Labute approximate surface area is 122 Å². The third kappa shape index (κ3) is 2.95. The average molecular weight is 279 g/mol. The molecule has 0 fully saturated rings. The van der Waals surface area contributed by atoms with Crippen molar-refractivity contribution in [2.24, 2.45) is 0 Å². The van der Waals surface area contributed by atoms with Crippen LogP contribution in [-0.2, 0) is 11.3 Å². The van der Waals surface area contributed by atoms with Crippen LogP contribution < -0.4 is 15.4 Å². The molecule has 0 atom stereocenters. The lowest BCUT2D eigenvalue weighted by molar-refractivity contribution is -0.118. The molecule has 1 aliphatic heterocycles. The average Bonchev–Trinajstić information content (AvgIpc) is 2.52. The highest BCUT2D eigenvalue weighted by Gasteiger charge is 2.15. The predicted octanol–water partition coefficient (Wildman–Crippen LogP) is 2.50. The Morgan fingerprint density at radius 1 is 1.29 bits per heavy atom. The number of hydrogen-bond acceptors (Lipinski definition) is 4. The van der Waals surface area contributed by atoms with Crippen molar-refractivity contribution in [1.82, 2.24) is 0 Å². The number of hydrogen-bond donors (Lipinski definition) is 2. The van der Waals surface area contributed by atoms with E-state index in [4.69, 9.17) is 10.00 Å². The Hall–Kier alpha value is -3.00. The summed E-state index contributed by atoms with van der Waals surface area (Å²) in [5.74, 6) is 0.521. The van der Waals surface area contributed by atoms with Gasteiger partial charge in [-0.1, -0.05) is 12.1 Å². The molecule has 21 heavy (non-hydrogen) atoms. The highest BCUT2D eigenvalue weighted by atomic mass is 16.5. The molecule has 0 spiro atoms. The van der Waals surface area contributed by atoms with Crippen molar-refractivity contribution in [2.75, 3.05) is 17.2 Å². The summed E-state index contributed by atoms with van der Waals surface area (Å²) in [6.45, 7) is 0.657. The second-order valence-corrected chi connectivity index (χ2v) is 4.71. The number of nitrogens with zero attached hydrogens (tertiary/aromatic N) is 1. The van der Waals surface area contributed by atoms with Gasteiger partial charge in [0.15, 0.2) is 6.61 Å². The zero-order chi connectivity index (χ0) is 14.7. The fourth-order valence-corrected chi connectivity index (χ4v) is 2.15. The lowest BCUT2D eigenvalue weighted by Gasteiger charge is -2.19. The van der Waals surface area contributed by atoms with Gasteiger partial charge in [0.25, 0.3) is 5.91 Å². The van der Waals surface area contributed by atoms with E-state index in [0.717, 1.165) is 11.3 Å². The molecule has 2 aromatic carbocycles. The monoisotopic (exact) mass is 279 g/mol. The van der Waals surface area contributed by atoms with E-state index in [-0.39, 0.29) is 12.5 Å². The van der Waals surface area contributed by atoms with Gasteiger partial charge in [-0.15, -0.1) is 0 Å². The van der Waals surface area contributed by atoms with Gasteiger partial charge in [0, 0.05) is 12.2 Å². The normalized spacial score (nSPS) is 12.6. The number of nitrogens with one attached hydrogen (secondary N) is 2. The van der Waals surface area contributed by atoms with Gasteiger partial charge in [-0.2, -0.15) is 5.26 Å². The van der Waals surface area contributed by atoms with Crippen molar-refractivity contribution in [3.05, 3.63) is 53.6 Å². The summed E-state index contributed by atoms with van der Waals surface area (Å²) in [7, 11) is 0. The fourth-order valence-electron chi connectivity index (χ4n) is 2.15. The zero-order valence-corrected chi connectivity index (χ0v) is 11.2. The van der Waals surface area contributed by atoms with Crippen LogP contribution >= 0.6 is 0 Å². The summed E-state index contributed by atoms with van der Waals surface area (Å²) in [4.78, 5) is 11.3. The van der Waals surface area contributed by atoms with E-state index in [9.17, 15) is 4.79 Å². The molecule has 0 unspecified atom stereocenters. The highest BCUT2D eigenvalue weighted by molar-refractivity contribution is 5.96. The molecule has 0 bridgehead atoms. The van der Waals surface area contributed by atoms with Crippen LogP contribution in [0.4, 0.5) is 11.4 Å². The third-order valence-electron chi connectivity index (χ3n) is 3.17. The van der Waals surface area contributed by atoms with Crippen LogP contribution in [0.25, 0.3) is 0 Å². The molecule has 0 aromatic heterocycles. The summed E-state index contributed by atoms with van der Waals surface area (Å²) in [5.41, 5.74) is 3.20. The molecule has 3 rings (SSSR count). The predicted molar refractivity (Wildman–Crippen MR) is 79.1 cm³/mol. The van der Waals surface area contributed by atoms with Crippen molar-refractivity contribution >= 4 is 17.3 Å². The summed E-state index contributed by atoms with van der Waals surface area (Å²) in [6.07, 6.45) is 0. The maximum Gasteiger partial charge on any atom is 0.262 e. The van der Waals surface area contributed by atoms with Crippen LogP contribution in [0.1, 0.15) is 11.1 Å². The minimum Gasteiger partial charge on any atom is -0.482 e. The van der Waals surface area contributed by atoms with Crippen LogP contribution in [0.2, 0.25) is 0 Å². The number of carbonyl (C=O) groups excluding carboxylic acids is 1. The largest absolute Gasteiger partial charge is 0.482 e. The van der Waals surface area contributed by atoms with Gasteiger partial charge in [-0.05, 0) is 35.9 Å². The van der Waals surface area contributed by atoms with E-state index >= 15 is 0 Å². The molecule has 1 amide bonds. The van der Waals surface area contributed by atoms with Crippen LogP contribution in [0.3, 0.4) is 0 Å². The molecule has 0 radical (unpaired) electrons. The van der Waals surface area contributed by atoms with Gasteiger partial charge in [0.05, 0.1) is 17.3 Å². The number of anilines is 2. The van der Waals surface area contributed by atoms with Crippen LogP contribution in [-0.4, -0.2) is 12.5 Å². The van der Waals surface area contributed by atoms with E-state index in [1.165, 1.54) is 0 Å². The van der Waals surface area contributed by atoms with Gasteiger partial charge >= 0.3 is 0 Å². The fraction of sp³-hybridized carbons (Fsp3) is 0.125. The minimum atomic E-state index is -0.152. The maximum atomic E-state index is 11.3. The van der Waals surface area contributed by atoms with Gasteiger partial charge in [0.2, 0.25) is 0 Å². The first kappa shape index (κ1) is 13.0. The first-order valence-electron chi connectivity index (χ1n) is 6.54. The van der Waals surface area contributed by atoms with E-state index < -0.39 is 0 Å². The number of carbonyl (C=O) groups is 1. The lowest BCUT2D eigenvalue weighted by atomic mass is 10.1. The molecule has 5 nitrogen and oxygen atoms in total. The molecule has 2 aromatic rings. The highest BCUT2D eigenvalue weighted by Crippen LogP contribution is 2.30. The van der Waals surface area contributed by atoms with E-state index in [0.29, 0.717) is 23.5 Å². The molecule has 5 heteroatoms. The molecule has 0 aliphatic carbocycles. The number of fused-ring (bicyclic) bond motifs is 1. The molecule has 2 N–H and O–H groups in total. The summed E-state index contributed by atoms with van der Waals surface area (Å²) in [5, 5.41) is 14.9. The van der Waals surface area contributed by atoms with Crippen LogP contribution in [0, 0.1) is 11.3 Å². The Morgan fingerprint density at radius 2 is 2.19 bits per heavy atom. The van der Waals surface area contributed by atoms with E-state index in [1.54, 1.807) is 6.07 Å². The van der Waals surface area contributed by atoms with Crippen molar-refractivity contribution in [1.29, 1.82) is 5.26 Å². The Bertz CT molecular complexity index is 735. The number of rotatable bonds is 3. The summed E-state index contributed by atoms with van der Waals surface area (Å²) >= 11 is 0. The molecule has 104 valence electrons. The first-order valence-corrected chi connectivity index (χ1v) is 6.54. The zero-order valence-electron chi connectivity index (χ0n) is 11.2. The molecule has 1 heterocycles. The quantitative estimate of drug-likeness (QED) is 0.905. The smallest absolute Gasteiger partial charge is 0.262 e. The Kier molecular flexibility index (Phi) is 3.44. The number of amides is 1. The SMILES string of the molecule is N#Cc1cccc(CNc2ccc3c(c2)NC(=O)CO3)c1. The van der Waals surface area contributed by atoms with Crippen LogP contribution in [0.15, 0.2) is 42.5 Å². The molecular weight excluding hydrogens is 266 g/mol. The lowest BCUT2D eigenvalue weighted by Crippen LogP contribution is -2.25. The number of benzene rings is 2. The van der Waals surface area contributed by atoms with Gasteiger partial charge in [0.1, 0.15) is 5.75 Å². The number of nitriles is 1. The van der Waals surface area contributed by atoms with E-state index in [2.05, 4.69) is 16.7 Å². The van der Waals surface area contributed by atoms with Gasteiger partial charge < -0.3 is 15.4 Å². The standard InChI is InChI=1S/C16H13N3O2/c17-8-11-2-1-3-12(6-11)9-18-13-4-5-15-14(7-13)19-16(20)10-21-15/h1-7,18H,9-10H2,(H,19,20). The van der Waals surface area contributed by atoms with Gasteiger partial charge in [-0.3, -0.25) is 4.79 Å². The van der Waals surface area contributed by atoms with Crippen molar-refractivity contribution < 1.29 is 9.53 Å². The maximum absolute atomic E-state index is 11.3. The van der Waals surface area contributed by atoms with Gasteiger partial charge in [-0.25, -0.2) is 0 Å². The molecular formula is C16H13N3O2. The second kappa shape index (κ2) is 5.55. The molecule has 1 aliphatic rings. The van der Waals surface area contributed by atoms with Crippen LogP contribution in [0.5, 0.6) is 5.75 Å². The summed E-state index contributed by atoms with van der Waals surface area (Å²) < 4.78 is 5.31.